The number of allylic oxidation sites excluding steroid dienone is 6. The van der Waals surface area contributed by atoms with Crippen molar-refractivity contribution in [3.63, 3.8) is 0 Å². The third-order valence-electron chi connectivity index (χ3n) is 15.4. The van der Waals surface area contributed by atoms with Crippen LogP contribution < -0.4 is 0 Å². The molecule has 0 saturated heterocycles. The summed E-state index contributed by atoms with van der Waals surface area (Å²) >= 11 is 0. The number of aliphatic hydroxyl groups excluding tert-OH is 1. The second-order valence-electron chi connectivity index (χ2n) is 22.9. The molecule has 1 atom stereocenters. The van der Waals surface area contributed by atoms with Gasteiger partial charge in [-0.05, 0) is 70.6 Å². The van der Waals surface area contributed by atoms with Gasteiger partial charge < -0.3 is 14.6 Å². The molecule has 0 radical (unpaired) electrons. The number of ether oxygens (including phenoxy) is 2. The molecule has 0 heterocycles. The molecule has 0 aliphatic heterocycles. The Morgan fingerprint density at radius 3 is 0.811 bits per heavy atom. The number of carbonyl (C=O) groups excluding carboxylic acids is 2. The zero-order valence-electron chi connectivity index (χ0n) is 50.1. The van der Waals surface area contributed by atoms with E-state index in [-0.39, 0.29) is 25.2 Å². The van der Waals surface area contributed by atoms with Crippen molar-refractivity contribution < 1.29 is 24.2 Å². The van der Waals surface area contributed by atoms with Crippen molar-refractivity contribution in [2.24, 2.45) is 0 Å². The van der Waals surface area contributed by atoms with E-state index in [9.17, 15) is 14.7 Å². The van der Waals surface area contributed by atoms with Crippen LogP contribution in [-0.2, 0) is 19.1 Å². The fraction of sp³-hybridized carbons (Fsp3) is 0.884. The summed E-state index contributed by atoms with van der Waals surface area (Å²) in [6, 6.07) is 0. The molecule has 0 rings (SSSR count). The summed E-state index contributed by atoms with van der Waals surface area (Å²) in [5.41, 5.74) is 0. The maximum absolute atomic E-state index is 12.3. The first kappa shape index (κ1) is 72.1. The second-order valence-corrected chi connectivity index (χ2v) is 22.9. The molecule has 0 fully saturated rings. The first-order valence-electron chi connectivity index (χ1n) is 33.5. The van der Waals surface area contributed by atoms with Crippen molar-refractivity contribution in [2.75, 3.05) is 13.2 Å². The monoisotopic (exact) mass is 1040 g/mol. The fourth-order valence-electron chi connectivity index (χ4n) is 10.4. The lowest BCUT2D eigenvalue weighted by Crippen LogP contribution is -2.28. The van der Waals surface area contributed by atoms with Gasteiger partial charge in [-0.3, -0.25) is 9.59 Å². The maximum Gasteiger partial charge on any atom is 0.306 e. The van der Waals surface area contributed by atoms with Gasteiger partial charge in [0.2, 0.25) is 0 Å². The van der Waals surface area contributed by atoms with E-state index in [4.69, 9.17) is 9.47 Å². The Balaban J connectivity index is 3.39. The molecule has 0 aromatic rings. The smallest absolute Gasteiger partial charge is 0.306 e. The van der Waals surface area contributed by atoms with Crippen molar-refractivity contribution in [2.45, 2.75) is 380 Å². The van der Waals surface area contributed by atoms with Crippen LogP contribution in [0.3, 0.4) is 0 Å². The van der Waals surface area contributed by atoms with Gasteiger partial charge in [0.25, 0.3) is 0 Å². The van der Waals surface area contributed by atoms with E-state index in [0.29, 0.717) is 12.8 Å². The van der Waals surface area contributed by atoms with Crippen molar-refractivity contribution >= 4 is 11.9 Å². The first-order chi connectivity index (χ1) is 36.6. The quantitative estimate of drug-likeness (QED) is 0.0373. The number of rotatable bonds is 63. The topological polar surface area (TPSA) is 72.8 Å². The Labute approximate surface area is 463 Å². The normalized spacial score (nSPS) is 12.3. The average Bonchev–Trinajstić information content (AvgIpc) is 3.40. The third-order valence-corrected chi connectivity index (χ3v) is 15.4. The summed E-state index contributed by atoms with van der Waals surface area (Å²) in [4.78, 5) is 24.6. The van der Waals surface area contributed by atoms with Gasteiger partial charge in [0.15, 0.2) is 6.10 Å². The van der Waals surface area contributed by atoms with Gasteiger partial charge >= 0.3 is 11.9 Å². The van der Waals surface area contributed by atoms with Gasteiger partial charge in [0.05, 0.1) is 6.61 Å². The standard InChI is InChI=1S/C69H130O5/c1-3-5-7-9-11-13-15-17-19-21-23-25-27-29-31-32-33-34-35-36-38-39-41-43-45-47-49-51-53-55-57-59-61-63-68(71)73-66-67(65-70)74-69(72)64-62-60-58-56-54-52-50-48-46-44-42-40-37-30-28-26-24-22-20-18-16-14-12-10-8-6-4-2/h16,18,21-24,67,70H,3-15,17,19-20,25-66H2,1-2H3/b18-16-,23-21-,24-22-. The minimum atomic E-state index is -0.770. The summed E-state index contributed by atoms with van der Waals surface area (Å²) in [7, 11) is 0. The van der Waals surface area contributed by atoms with Crippen LogP contribution in [0.25, 0.3) is 0 Å². The van der Waals surface area contributed by atoms with E-state index in [1.54, 1.807) is 0 Å². The lowest BCUT2D eigenvalue weighted by Gasteiger charge is -2.15. The number of aliphatic hydroxyl groups is 1. The molecule has 0 saturated carbocycles. The van der Waals surface area contributed by atoms with Crippen LogP contribution >= 0.6 is 0 Å². The molecule has 0 aromatic heterocycles. The highest BCUT2D eigenvalue weighted by Gasteiger charge is 2.16. The number of hydrogen-bond acceptors (Lipinski definition) is 5. The van der Waals surface area contributed by atoms with Crippen molar-refractivity contribution in [1.82, 2.24) is 0 Å². The summed E-state index contributed by atoms with van der Waals surface area (Å²) < 4.78 is 10.8. The largest absolute Gasteiger partial charge is 0.462 e. The highest BCUT2D eigenvalue weighted by Crippen LogP contribution is 2.18. The van der Waals surface area contributed by atoms with Crippen LogP contribution in [0, 0.1) is 0 Å². The molecule has 0 spiro atoms. The lowest BCUT2D eigenvalue weighted by molar-refractivity contribution is -0.161. The van der Waals surface area contributed by atoms with E-state index in [1.165, 1.54) is 308 Å². The van der Waals surface area contributed by atoms with E-state index in [1.807, 2.05) is 0 Å². The van der Waals surface area contributed by atoms with Gasteiger partial charge in [0, 0.05) is 12.8 Å². The second kappa shape index (κ2) is 65.4. The summed E-state index contributed by atoms with van der Waals surface area (Å²) in [5.74, 6) is -0.569. The summed E-state index contributed by atoms with van der Waals surface area (Å²) in [5, 5.41) is 9.69. The molecular formula is C69H130O5. The fourth-order valence-corrected chi connectivity index (χ4v) is 10.4. The van der Waals surface area contributed by atoms with E-state index < -0.39 is 6.10 Å². The van der Waals surface area contributed by atoms with Gasteiger partial charge in [-0.15, -0.1) is 0 Å². The SMILES string of the molecule is CCCCCCC/C=C\C/C=C\CCCCCCCCCCCCCCCCCC(=O)OC(CO)COC(=O)CCCCCCCCCCCCCCCCCCCCCCC/C=C\CCCCCCCCCC. The third kappa shape index (κ3) is 62.7. The molecular weight excluding hydrogens is 909 g/mol. The molecule has 1 N–H and O–H groups in total. The average molecular weight is 1040 g/mol. The maximum atomic E-state index is 12.3. The molecule has 0 aromatic carbocycles. The molecule has 0 aliphatic carbocycles. The molecule has 0 bridgehead atoms. The molecule has 5 nitrogen and oxygen atoms in total. The molecule has 1 unspecified atom stereocenters. The molecule has 0 aliphatic rings. The van der Waals surface area contributed by atoms with E-state index in [0.717, 1.165) is 38.5 Å². The van der Waals surface area contributed by atoms with Crippen LogP contribution in [0.4, 0.5) is 0 Å². The zero-order chi connectivity index (χ0) is 53.4. The highest BCUT2D eigenvalue weighted by molar-refractivity contribution is 5.70. The van der Waals surface area contributed by atoms with Crippen LogP contribution in [0.1, 0.15) is 373 Å². The van der Waals surface area contributed by atoms with Crippen molar-refractivity contribution in [3.05, 3.63) is 36.5 Å². The van der Waals surface area contributed by atoms with E-state index >= 15 is 0 Å². The van der Waals surface area contributed by atoms with Crippen LogP contribution in [0.2, 0.25) is 0 Å². The lowest BCUT2D eigenvalue weighted by atomic mass is 10.0. The van der Waals surface area contributed by atoms with Gasteiger partial charge in [-0.1, -0.05) is 326 Å². The Bertz CT molecular complexity index is 1170. The minimum absolute atomic E-state index is 0.0601. The predicted molar refractivity (Wildman–Crippen MR) is 325 cm³/mol. The highest BCUT2D eigenvalue weighted by atomic mass is 16.6. The number of hydrogen-bond donors (Lipinski definition) is 1. The molecule has 74 heavy (non-hydrogen) atoms. The summed E-state index contributed by atoms with van der Waals surface area (Å²) in [6.07, 6.45) is 86.0. The van der Waals surface area contributed by atoms with Crippen molar-refractivity contribution in [1.29, 1.82) is 0 Å². The molecule has 0 amide bonds. The molecule has 436 valence electrons. The van der Waals surface area contributed by atoms with Crippen LogP contribution in [0.15, 0.2) is 36.5 Å². The number of unbranched alkanes of at least 4 members (excludes halogenated alkanes) is 49. The van der Waals surface area contributed by atoms with Gasteiger partial charge in [-0.2, -0.15) is 0 Å². The van der Waals surface area contributed by atoms with Gasteiger partial charge in [-0.25, -0.2) is 0 Å². The van der Waals surface area contributed by atoms with E-state index in [2.05, 4.69) is 50.3 Å². The van der Waals surface area contributed by atoms with Crippen LogP contribution in [0.5, 0.6) is 0 Å². The van der Waals surface area contributed by atoms with Gasteiger partial charge in [0.1, 0.15) is 6.61 Å². The Hall–Kier alpha value is -1.88. The number of carbonyl (C=O) groups is 2. The Morgan fingerprint density at radius 1 is 0.311 bits per heavy atom. The number of esters is 2. The van der Waals surface area contributed by atoms with Crippen LogP contribution in [-0.4, -0.2) is 36.4 Å². The first-order valence-corrected chi connectivity index (χ1v) is 33.5. The summed E-state index contributed by atoms with van der Waals surface area (Å²) in [6.45, 7) is 4.19. The Kier molecular flexibility index (Phi) is 63.7. The zero-order valence-corrected chi connectivity index (χ0v) is 50.1. The Morgan fingerprint density at radius 2 is 0.541 bits per heavy atom. The predicted octanol–water partition coefficient (Wildman–Crippen LogP) is 23.0. The van der Waals surface area contributed by atoms with Crippen molar-refractivity contribution in [3.8, 4) is 0 Å². The minimum Gasteiger partial charge on any atom is -0.462 e. The molecule has 5 heteroatoms.